The summed E-state index contributed by atoms with van der Waals surface area (Å²) in [7, 11) is 0. The smallest absolute Gasteiger partial charge is 0.340 e. The van der Waals surface area contributed by atoms with Crippen molar-refractivity contribution in [1.82, 2.24) is 0 Å². The van der Waals surface area contributed by atoms with Gasteiger partial charge in [0.05, 0.1) is 11.5 Å². The number of nitrogens with zero attached hydrogens (tertiary/aromatic N) is 1. The standard InChI is InChI=1S/C14H15NO4/c1-14(2,3)11(8-15)19-13(18)10-7-5-4-6-9(10)12(16)17/h4-7,11H,1-3H3,(H,16,17)/p-1/t11-/m0/s1. The summed E-state index contributed by atoms with van der Waals surface area (Å²) in [6, 6.07) is 7.46. The summed E-state index contributed by atoms with van der Waals surface area (Å²) in [6.45, 7) is 5.25. The number of carboxylic acids is 1. The van der Waals surface area contributed by atoms with Crippen LogP contribution in [0.4, 0.5) is 0 Å². The number of rotatable bonds is 3. The van der Waals surface area contributed by atoms with Crippen molar-refractivity contribution >= 4 is 11.9 Å². The molecule has 0 unspecified atom stereocenters. The first-order valence-electron chi connectivity index (χ1n) is 5.68. The van der Waals surface area contributed by atoms with Crippen molar-refractivity contribution in [2.75, 3.05) is 0 Å². The van der Waals surface area contributed by atoms with Crippen LogP contribution < -0.4 is 5.11 Å². The van der Waals surface area contributed by atoms with Gasteiger partial charge in [0, 0.05) is 11.0 Å². The van der Waals surface area contributed by atoms with Gasteiger partial charge in [0.1, 0.15) is 6.07 Å². The zero-order valence-corrected chi connectivity index (χ0v) is 11.0. The van der Waals surface area contributed by atoms with Crippen LogP contribution in [-0.2, 0) is 4.74 Å². The monoisotopic (exact) mass is 260 g/mol. The van der Waals surface area contributed by atoms with Gasteiger partial charge in [-0.2, -0.15) is 5.26 Å². The number of esters is 1. The third kappa shape index (κ3) is 3.55. The molecule has 1 aromatic carbocycles. The van der Waals surface area contributed by atoms with Crippen LogP contribution >= 0.6 is 0 Å². The molecule has 19 heavy (non-hydrogen) atoms. The normalized spacial score (nSPS) is 12.3. The summed E-state index contributed by atoms with van der Waals surface area (Å²) in [5.74, 6) is -2.31. The second-order valence-electron chi connectivity index (χ2n) is 5.11. The molecule has 1 atom stereocenters. The van der Waals surface area contributed by atoms with Crippen molar-refractivity contribution < 1.29 is 19.4 Å². The van der Waals surface area contributed by atoms with Crippen molar-refractivity contribution in [3.63, 3.8) is 0 Å². The Morgan fingerprint density at radius 1 is 1.26 bits per heavy atom. The van der Waals surface area contributed by atoms with Gasteiger partial charge in [0.2, 0.25) is 0 Å². The number of nitriles is 1. The maximum Gasteiger partial charge on any atom is 0.340 e. The Morgan fingerprint density at radius 2 is 1.79 bits per heavy atom. The minimum Gasteiger partial charge on any atom is -0.545 e. The fraction of sp³-hybridized carbons (Fsp3) is 0.357. The molecule has 0 saturated heterocycles. The van der Waals surface area contributed by atoms with Crippen molar-refractivity contribution in [2.24, 2.45) is 5.41 Å². The number of hydrogen-bond donors (Lipinski definition) is 0. The highest BCUT2D eigenvalue weighted by molar-refractivity contribution is 6.01. The summed E-state index contributed by atoms with van der Waals surface area (Å²) in [5.41, 5.74) is -0.925. The van der Waals surface area contributed by atoms with Gasteiger partial charge < -0.3 is 14.6 Å². The van der Waals surface area contributed by atoms with Crippen molar-refractivity contribution in [2.45, 2.75) is 26.9 Å². The molecule has 0 aliphatic heterocycles. The van der Waals surface area contributed by atoms with Crippen LogP contribution in [0.1, 0.15) is 41.5 Å². The molecule has 5 nitrogen and oxygen atoms in total. The maximum atomic E-state index is 11.9. The SMILES string of the molecule is CC(C)(C)[C@H](C#N)OC(=O)c1ccccc1C(=O)[O-]. The highest BCUT2D eigenvalue weighted by Crippen LogP contribution is 2.23. The highest BCUT2D eigenvalue weighted by atomic mass is 16.5. The van der Waals surface area contributed by atoms with Gasteiger partial charge in [0.15, 0.2) is 6.10 Å². The molecular weight excluding hydrogens is 246 g/mol. The molecule has 1 rings (SSSR count). The predicted octanol–water partition coefficient (Wildman–Crippen LogP) is 1.15. The first-order chi connectivity index (χ1) is 8.77. The van der Waals surface area contributed by atoms with Crippen molar-refractivity contribution in [3.8, 4) is 6.07 Å². The third-order valence-corrected chi connectivity index (χ3v) is 2.50. The van der Waals surface area contributed by atoms with Gasteiger partial charge in [-0.3, -0.25) is 0 Å². The van der Waals surface area contributed by atoms with Crippen LogP contribution in [0.2, 0.25) is 0 Å². The molecule has 0 N–H and O–H groups in total. The van der Waals surface area contributed by atoms with E-state index < -0.39 is 23.5 Å². The van der Waals surface area contributed by atoms with Crippen LogP contribution in [0, 0.1) is 16.7 Å². The van der Waals surface area contributed by atoms with Gasteiger partial charge in [-0.05, 0) is 6.07 Å². The van der Waals surface area contributed by atoms with Crippen LogP contribution in [0.3, 0.4) is 0 Å². The van der Waals surface area contributed by atoms with Gasteiger partial charge in [-0.15, -0.1) is 0 Å². The van der Waals surface area contributed by atoms with Crippen LogP contribution in [0.15, 0.2) is 24.3 Å². The molecule has 0 aliphatic carbocycles. The molecule has 0 aromatic heterocycles. The van der Waals surface area contributed by atoms with Crippen LogP contribution in [0.5, 0.6) is 0 Å². The second-order valence-corrected chi connectivity index (χ2v) is 5.11. The fourth-order valence-corrected chi connectivity index (χ4v) is 1.41. The molecule has 5 heteroatoms. The number of benzene rings is 1. The predicted molar refractivity (Wildman–Crippen MR) is 65.0 cm³/mol. The van der Waals surface area contributed by atoms with Crippen LogP contribution in [-0.4, -0.2) is 18.0 Å². The molecule has 0 radical (unpaired) electrons. The summed E-state index contributed by atoms with van der Waals surface area (Å²) in [5, 5.41) is 19.9. The average Bonchev–Trinajstić information content (AvgIpc) is 2.34. The molecule has 0 aliphatic rings. The molecule has 100 valence electrons. The van der Waals surface area contributed by atoms with Gasteiger partial charge in [0.25, 0.3) is 0 Å². The molecular formula is C14H14NO4-. The zero-order chi connectivity index (χ0) is 14.6. The Kier molecular flexibility index (Phi) is 4.28. The van der Waals surface area contributed by atoms with E-state index in [1.165, 1.54) is 24.3 Å². The van der Waals surface area contributed by atoms with E-state index in [0.29, 0.717) is 0 Å². The fourth-order valence-electron chi connectivity index (χ4n) is 1.41. The topological polar surface area (TPSA) is 90.2 Å². The van der Waals surface area contributed by atoms with Gasteiger partial charge in [-0.25, -0.2) is 4.79 Å². The molecule has 1 aromatic rings. The molecule has 0 fully saturated rings. The Bertz CT molecular complexity index is 537. The van der Waals surface area contributed by atoms with Gasteiger partial charge >= 0.3 is 5.97 Å². The number of carbonyl (C=O) groups excluding carboxylic acids is 2. The second kappa shape index (κ2) is 5.53. The van der Waals surface area contributed by atoms with E-state index in [9.17, 15) is 14.7 Å². The van der Waals surface area contributed by atoms with E-state index in [1.807, 2.05) is 6.07 Å². The minimum absolute atomic E-state index is 0.119. The first-order valence-corrected chi connectivity index (χ1v) is 5.68. The summed E-state index contributed by atoms with van der Waals surface area (Å²) < 4.78 is 5.05. The Labute approximate surface area is 111 Å². The highest BCUT2D eigenvalue weighted by Gasteiger charge is 2.29. The van der Waals surface area contributed by atoms with E-state index in [1.54, 1.807) is 20.8 Å². The summed E-state index contributed by atoms with van der Waals surface area (Å²) in [6.07, 6.45) is -0.963. The van der Waals surface area contributed by atoms with Crippen molar-refractivity contribution in [1.29, 1.82) is 5.26 Å². The third-order valence-electron chi connectivity index (χ3n) is 2.50. The lowest BCUT2D eigenvalue weighted by Gasteiger charge is -2.24. The van der Waals surface area contributed by atoms with E-state index in [0.717, 1.165) is 0 Å². The number of carboxylic acid groups (broad SMARTS) is 1. The summed E-state index contributed by atoms with van der Waals surface area (Å²) >= 11 is 0. The van der Waals surface area contributed by atoms with Gasteiger partial charge in [-0.1, -0.05) is 39.0 Å². The lowest BCUT2D eigenvalue weighted by molar-refractivity contribution is -0.255. The molecule has 0 bridgehead atoms. The molecule has 0 heterocycles. The average molecular weight is 260 g/mol. The quantitative estimate of drug-likeness (QED) is 0.760. The Balaban J connectivity index is 3.03. The maximum absolute atomic E-state index is 11.9. The minimum atomic E-state index is -1.46. The largest absolute Gasteiger partial charge is 0.545 e. The van der Waals surface area contributed by atoms with Crippen molar-refractivity contribution in [3.05, 3.63) is 35.4 Å². The lowest BCUT2D eigenvalue weighted by Crippen LogP contribution is -2.31. The first kappa shape index (κ1) is 14.7. The molecule has 0 spiro atoms. The molecule has 0 saturated carbocycles. The van der Waals surface area contributed by atoms with E-state index in [2.05, 4.69) is 0 Å². The number of aromatic carboxylic acids is 1. The zero-order valence-electron chi connectivity index (χ0n) is 11.0. The number of carbonyl (C=O) groups is 2. The van der Waals surface area contributed by atoms with E-state index in [4.69, 9.17) is 10.00 Å². The van der Waals surface area contributed by atoms with E-state index >= 15 is 0 Å². The number of hydrogen-bond acceptors (Lipinski definition) is 5. The Morgan fingerprint density at radius 3 is 2.21 bits per heavy atom. The lowest BCUT2D eigenvalue weighted by atomic mass is 9.90. The van der Waals surface area contributed by atoms with Crippen LogP contribution in [0.25, 0.3) is 0 Å². The molecule has 0 amide bonds. The summed E-state index contributed by atoms with van der Waals surface area (Å²) in [4.78, 5) is 22.8. The Hall–Kier alpha value is -2.35. The van der Waals surface area contributed by atoms with E-state index in [-0.39, 0.29) is 11.1 Å². The number of ether oxygens (including phenoxy) is 1.